The summed E-state index contributed by atoms with van der Waals surface area (Å²) in [5, 5.41) is 0.202. The molecule has 0 radical (unpaired) electrons. The van der Waals surface area contributed by atoms with E-state index in [1.54, 1.807) is 0 Å². The second kappa shape index (κ2) is 6.14. The fraction of sp³-hybridized carbons (Fsp3) is 0.474. The number of furan rings is 1. The number of alkyl halides is 3. The minimum atomic E-state index is -4.33. The molecule has 4 rings (SSSR count). The number of halogens is 3. The van der Waals surface area contributed by atoms with Crippen LogP contribution in [0.3, 0.4) is 0 Å². The minimum Gasteiger partial charge on any atom is -0.465 e. The molecule has 138 valence electrons. The van der Waals surface area contributed by atoms with Gasteiger partial charge in [-0.1, -0.05) is 6.92 Å². The number of rotatable bonds is 4. The molecule has 0 amide bonds. The lowest BCUT2D eigenvalue weighted by Gasteiger charge is -2.04. The third-order valence-electron chi connectivity index (χ3n) is 5.10. The Kier molecular flexibility index (Phi) is 4.04. The van der Waals surface area contributed by atoms with Crippen molar-refractivity contribution in [1.29, 1.82) is 0 Å². The summed E-state index contributed by atoms with van der Waals surface area (Å²) in [6, 6.07) is 6.80. The maximum atomic E-state index is 12.5. The third-order valence-corrected chi connectivity index (χ3v) is 5.10. The summed E-state index contributed by atoms with van der Waals surface area (Å²) >= 11 is 0. The Morgan fingerprint density at radius 3 is 2.35 bits per heavy atom. The molecule has 2 aromatic rings. The van der Waals surface area contributed by atoms with Crippen LogP contribution in [0, 0.1) is 11.8 Å². The van der Waals surface area contributed by atoms with Gasteiger partial charge >= 0.3 is 6.18 Å². The molecule has 2 aliphatic carbocycles. The van der Waals surface area contributed by atoms with Gasteiger partial charge < -0.3 is 4.42 Å². The first kappa shape index (κ1) is 17.1. The van der Waals surface area contributed by atoms with E-state index in [9.17, 15) is 18.0 Å². The lowest BCUT2D eigenvalue weighted by Crippen LogP contribution is -2.18. The van der Waals surface area contributed by atoms with Crippen molar-refractivity contribution in [3.8, 4) is 0 Å². The van der Waals surface area contributed by atoms with E-state index in [1.807, 2.05) is 12.1 Å². The second-order valence-electron chi connectivity index (χ2n) is 7.24. The number of nitrogens with zero attached hydrogens (tertiary/aromatic N) is 2. The molecule has 2 aromatic heterocycles. The third kappa shape index (κ3) is 3.61. The molecule has 2 saturated carbocycles. The van der Waals surface area contributed by atoms with Crippen LogP contribution >= 0.6 is 0 Å². The zero-order valence-corrected chi connectivity index (χ0v) is 14.2. The van der Waals surface area contributed by atoms with Crippen LogP contribution in [0.2, 0.25) is 0 Å². The Hall–Kier alpha value is -2.31. The van der Waals surface area contributed by atoms with E-state index in [0.29, 0.717) is 11.8 Å². The molecule has 4 unspecified atom stereocenters. The molecule has 2 heterocycles. The lowest BCUT2D eigenvalue weighted by atomic mass is 10.2. The Morgan fingerprint density at radius 1 is 1.15 bits per heavy atom. The van der Waals surface area contributed by atoms with E-state index in [-0.39, 0.29) is 23.1 Å². The molecule has 2 fully saturated rings. The van der Waals surface area contributed by atoms with Gasteiger partial charge in [0, 0.05) is 30.1 Å². The Bertz CT molecular complexity index is 876. The van der Waals surface area contributed by atoms with Crippen molar-refractivity contribution in [2.24, 2.45) is 16.8 Å². The van der Waals surface area contributed by atoms with Gasteiger partial charge in [-0.3, -0.25) is 14.4 Å². The van der Waals surface area contributed by atoms with Crippen molar-refractivity contribution in [3.63, 3.8) is 0 Å². The standard InChI is InChI=1S/C19H19F3N2O2/c1-11-8-13(11)16-2-3-17(26-16)14-9-15(14)18(25)24-6-4-12(5-7-24)23-10-19(20,21)22/h2-7,11,13-15H,8-10H2,1H3. The largest absolute Gasteiger partial charge is 0.465 e. The van der Waals surface area contributed by atoms with Crippen molar-refractivity contribution in [1.82, 2.24) is 4.57 Å². The fourth-order valence-electron chi connectivity index (χ4n) is 3.31. The van der Waals surface area contributed by atoms with Gasteiger partial charge in [0.15, 0.2) is 0 Å². The van der Waals surface area contributed by atoms with Gasteiger partial charge in [0.1, 0.15) is 18.1 Å². The van der Waals surface area contributed by atoms with Crippen molar-refractivity contribution in [2.45, 2.75) is 37.8 Å². The van der Waals surface area contributed by atoms with Gasteiger partial charge in [-0.25, -0.2) is 0 Å². The molecule has 0 bridgehead atoms. The zero-order chi connectivity index (χ0) is 18.5. The van der Waals surface area contributed by atoms with Crippen molar-refractivity contribution >= 4 is 5.91 Å². The highest BCUT2D eigenvalue weighted by molar-refractivity contribution is 5.85. The maximum absolute atomic E-state index is 12.5. The second-order valence-corrected chi connectivity index (χ2v) is 7.24. The highest BCUT2D eigenvalue weighted by Crippen LogP contribution is 2.52. The average Bonchev–Trinajstić information content (AvgIpc) is 3.50. The van der Waals surface area contributed by atoms with Crippen molar-refractivity contribution in [2.75, 3.05) is 6.54 Å². The van der Waals surface area contributed by atoms with Crippen LogP contribution in [0.4, 0.5) is 13.2 Å². The van der Waals surface area contributed by atoms with Crippen LogP contribution in [0.1, 0.15) is 47.9 Å². The summed E-state index contributed by atoms with van der Waals surface area (Å²) in [5.74, 6) is 2.92. The van der Waals surface area contributed by atoms with E-state index in [0.717, 1.165) is 24.4 Å². The molecule has 0 aliphatic heterocycles. The first-order valence-corrected chi connectivity index (χ1v) is 8.71. The minimum absolute atomic E-state index is 0.0740. The van der Waals surface area contributed by atoms with E-state index in [4.69, 9.17) is 4.42 Å². The molecule has 0 aromatic carbocycles. The SMILES string of the molecule is CC1CC1c1ccc(C2CC2C(=O)n2ccc(=NCC(F)(F)F)cc2)o1. The van der Waals surface area contributed by atoms with Crippen LogP contribution in [0.5, 0.6) is 0 Å². The van der Waals surface area contributed by atoms with Crippen LogP contribution < -0.4 is 5.36 Å². The number of carbonyl (C=O) groups is 1. The molecule has 0 N–H and O–H groups in total. The summed E-state index contributed by atoms with van der Waals surface area (Å²) in [5.41, 5.74) is 0. The van der Waals surface area contributed by atoms with Gasteiger partial charge in [-0.05, 0) is 43.0 Å². The predicted molar refractivity (Wildman–Crippen MR) is 87.6 cm³/mol. The van der Waals surface area contributed by atoms with Crippen molar-refractivity contribution in [3.05, 3.63) is 53.5 Å². The van der Waals surface area contributed by atoms with E-state index in [2.05, 4.69) is 11.9 Å². The number of hydrogen-bond acceptors (Lipinski definition) is 3. The summed E-state index contributed by atoms with van der Waals surface area (Å²) in [6.45, 7) is 0.966. The molecule has 0 spiro atoms. The summed E-state index contributed by atoms with van der Waals surface area (Å²) in [4.78, 5) is 16.0. The Balaban J connectivity index is 1.40. The normalized spacial score (nSPS) is 27.2. The van der Waals surface area contributed by atoms with Crippen LogP contribution in [0.15, 0.2) is 46.1 Å². The van der Waals surface area contributed by atoms with Gasteiger partial charge in [-0.15, -0.1) is 0 Å². The van der Waals surface area contributed by atoms with E-state index in [1.165, 1.54) is 29.1 Å². The molecule has 4 atom stereocenters. The zero-order valence-electron chi connectivity index (χ0n) is 14.2. The topological polar surface area (TPSA) is 47.5 Å². The molecular weight excluding hydrogens is 345 g/mol. The number of pyridine rings is 1. The predicted octanol–water partition coefficient (Wildman–Crippen LogP) is 4.11. The number of carbonyl (C=O) groups excluding carboxylic acids is 1. The Morgan fingerprint density at radius 2 is 1.77 bits per heavy atom. The highest BCUT2D eigenvalue weighted by Gasteiger charge is 2.47. The fourth-order valence-corrected chi connectivity index (χ4v) is 3.31. The van der Waals surface area contributed by atoms with Gasteiger partial charge in [0.2, 0.25) is 5.91 Å². The van der Waals surface area contributed by atoms with Gasteiger partial charge in [0.05, 0.1) is 5.36 Å². The first-order chi connectivity index (χ1) is 12.3. The van der Waals surface area contributed by atoms with E-state index < -0.39 is 12.7 Å². The maximum Gasteiger partial charge on any atom is 0.407 e. The van der Waals surface area contributed by atoms with Gasteiger partial charge in [-0.2, -0.15) is 13.2 Å². The average molecular weight is 364 g/mol. The van der Waals surface area contributed by atoms with Gasteiger partial charge in [0.25, 0.3) is 0 Å². The molecule has 7 heteroatoms. The first-order valence-electron chi connectivity index (χ1n) is 8.71. The monoisotopic (exact) mass is 364 g/mol. The smallest absolute Gasteiger partial charge is 0.407 e. The summed E-state index contributed by atoms with van der Waals surface area (Å²) < 4.78 is 43.9. The quantitative estimate of drug-likeness (QED) is 0.820. The summed E-state index contributed by atoms with van der Waals surface area (Å²) in [6.07, 6.45) is 0.489. The Labute approximate surface area is 148 Å². The molecule has 0 saturated heterocycles. The number of aromatic nitrogens is 1. The highest BCUT2D eigenvalue weighted by atomic mass is 19.4. The van der Waals surface area contributed by atoms with E-state index >= 15 is 0 Å². The van der Waals surface area contributed by atoms with Crippen LogP contribution in [-0.2, 0) is 0 Å². The lowest BCUT2D eigenvalue weighted by molar-refractivity contribution is -0.118. The molecular formula is C19H19F3N2O2. The van der Waals surface area contributed by atoms with Crippen LogP contribution in [-0.4, -0.2) is 23.2 Å². The van der Waals surface area contributed by atoms with Crippen LogP contribution in [0.25, 0.3) is 0 Å². The summed E-state index contributed by atoms with van der Waals surface area (Å²) in [7, 11) is 0. The molecule has 4 nitrogen and oxygen atoms in total. The molecule has 26 heavy (non-hydrogen) atoms. The van der Waals surface area contributed by atoms with Crippen molar-refractivity contribution < 1.29 is 22.4 Å². The molecule has 2 aliphatic rings. The number of hydrogen-bond donors (Lipinski definition) is 0.